The predicted octanol–water partition coefficient (Wildman–Crippen LogP) is 3.69. The number of aliphatic hydroxyl groups excluding tert-OH is 1. The summed E-state index contributed by atoms with van der Waals surface area (Å²) in [7, 11) is 0. The van der Waals surface area contributed by atoms with E-state index in [4.69, 9.17) is 5.11 Å². The number of hydrogen-bond donors (Lipinski definition) is 1. The normalized spacial score (nSPS) is 9.89. The Bertz CT molecular complexity index is 575. The number of thiophene rings is 1. The Balaban J connectivity index is 2.07. The molecule has 18 heavy (non-hydrogen) atoms. The van der Waals surface area contributed by atoms with Gasteiger partial charge in [0.2, 0.25) is 0 Å². The Labute approximate surface area is 116 Å². The molecule has 1 nitrogen and oxygen atoms in total. The molecular formula is C15H14OS2. The Hall–Kier alpha value is -1.21. The number of aryl methyl sites for hydroxylation is 1. The van der Waals surface area contributed by atoms with Gasteiger partial charge in [-0.3, -0.25) is 0 Å². The Kier molecular flexibility index (Phi) is 4.89. The average Bonchev–Trinajstić information content (AvgIpc) is 2.83. The van der Waals surface area contributed by atoms with Crippen molar-refractivity contribution in [3.05, 3.63) is 51.7 Å². The van der Waals surface area contributed by atoms with E-state index in [0.29, 0.717) is 0 Å². The number of aliphatic hydroxyl groups is 1. The molecule has 2 aromatic rings. The molecule has 0 bridgehead atoms. The molecule has 0 unspecified atom stereocenters. The molecule has 0 radical (unpaired) electrons. The van der Waals surface area contributed by atoms with Crippen LogP contribution >= 0.6 is 23.1 Å². The summed E-state index contributed by atoms with van der Waals surface area (Å²) in [6.45, 7) is 2.05. The molecule has 0 fully saturated rings. The lowest BCUT2D eigenvalue weighted by molar-refractivity contribution is 0.350. The molecular weight excluding hydrogens is 260 g/mol. The van der Waals surface area contributed by atoms with Crippen molar-refractivity contribution in [3.63, 3.8) is 0 Å². The van der Waals surface area contributed by atoms with Gasteiger partial charge in [0.1, 0.15) is 6.61 Å². The first kappa shape index (κ1) is 13.2. The van der Waals surface area contributed by atoms with Crippen LogP contribution in [0.25, 0.3) is 0 Å². The Morgan fingerprint density at radius 2 is 2.11 bits per heavy atom. The summed E-state index contributed by atoms with van der Waals surface area (Å²) in [6.07, 6.45) is 0. The second-order valence-corrected chi connectivity index (χ2v) is 5.79. The van der Waals surface area contributed by atoms with E-state index in [2.05, 4.69) is 48.4 Å². The molecule has 0 amide bonds. The van der Waals surface area contributed by atoms with E-state index in [1.165, 1.54) is 15.3 Å². The highest BCUT2D eigenvalue weighted by Gasteiger charge is 2.04. The number of benzene rings is 1. The van der Waals surface area contributed by atoms with Gasteiger partial charge in [0.25, 0.3) is 0 Å². The van der Waals surface area contributed by atoms with Crippen LogP contribution in [-0.4, -0.2) is 11.7 Å². The minimum atomic E-state index is -0.0831. The van der Waals surface area contributed by atoms with Crippen LogP contribution in [-0.2, 0) is 5.75 Å². The van der Waals surface area contributed by atoms with Crippen LogP contribution in [0.2, 0.25) is 0 Å². The van der Waals surface area contributed by atoms with Crippen LogP contribution < -0.4 is 0 Å². The van der Waals surface area contributed by atoms with Crippen molar-refractivity contribution in [1.82, 2.24) is 0 Å². The van der Waals surface area contributed by atoms with Crippen LogP contribution in [0.4, 0.5) is 0 Å². The fraction of sp³-hybridized carbons (Fsp3) is 0.200. The summed E-state index contributed by atoms with van der Waals surface area (Å²) < 4.78 is 0. The van der Waals surface area contributed by atoms with Gasteiger partial charge in [0.15, 0.2) is 0 Å². The zero-order valence-corrected chi connectivity index (χ0v) is 11.8. The van der Waals surface area contributed by atoms with E-state index in [0.717, 1.165) is 11.3 Å². The van der Waals surface area contributed by atoms with Crippen LogP contribution in [0.1, 0.15) is 16.0 Å². The Morgan fingerprint density at radius 1 is 1.28 bits per heavy atom. The maximum absolute atomic E-state index is 8.72. The molecule has 2 rings (SSSR count). The second kappa shape index (κ2) is 6.65. The lowest BCUT2D eigenvalue weighted by Crippen LogP contribution is -1.83. The van der Waals surface area contributed by atoms with Crippen LogP contribution in [0.15, 0.2) is 40.6 Å². The van der Waals surface area contributed by atoms with Crippen molar-refractivity contribution < 1.29 is 5.11 Å². The van der Waals surface area contributed by atoms with E-state index in [1.54, 1.807) is 11.3 Å². The van der Waals surface area contributed by atoms with Crippen molar-refractivity contribution in [2.24, 2.45) is 0 Å². The first-order chi connectivity index (χ1) is 8.81. The highest BCUT2D eigenvalue weighted by molar-refractivity contribution is 7.98. The summed E-state index contributed by atoms with van der Waals surface area (Å²) in [5.41, 5.74) is 2.34. The Morgan fingerprint density at radius 3 is 2.89 bits per heavy atom. The smallest absolute Gasteiger partial charge is 0.104 e. The summed E-state index contributed by atoms with van der Waals surface area (Å²) in [4.78, 5) is 2.58. The van der Waals surface area contributed by atoms with E-state index in [1.807, 2.05) is 17.8 Å². The second-order valence-electron chi connectivity index (χ2n) is 3.77. The third kappa shape index (κ3) is 3.39. The molecule has 1 aromatic carbocycles. The maximum Gasteiger partial charge on any atom is 0.104 e. The first-order valence-corrected chi connectivity index (χ1v) is 7.52. The van der Waals surface area contributed by atoms with E-state index >= 15 is 0 Å². The molecule has 1 aromatic heterocycles. The van der Waals surface area contributed by atoms with Crippen molar-refractivity contribution in [1.29, 1.82) is 0 Å². The van der Waals surface area contributed by atoms with Crippen molar-refractivity contribution in [2.45, 2.75) is 17.6 Å². The van der Waals surface area contributed by atoms with Gasteiger partial charge in [0.05, 0.1) is 0 Å². The molecule has 0 spiro atoms. The number of thioether (sulfide) groups is 1. The maximum atomic E-state index is 8.72. The van der Waals surface area contributed by atoms with Gasteiger partial charge >= 0.3 is 0 Å². The molecule has 1 heterocycles. The van der Waals surface area contributed by atoms with Crippen LogP contribution in [0.5, 0.6) is 0 Å². The fourth-order valence-corrected chi connectivity index (χ4v) is 3.54. The van der Waals surface area contributed by atoms with Gasteiger partial charge in [-0.25, -0.2) is 0 Å². The van der Waals surface area contributed by atoms with Crippen molar-refractivity contribution >= 4 is 23.1 Å². The zero-order valence-electron chi connectivity index (χ0n) is 10.1. The molecule has 0 saturated heterocycles. The lowest BCUT2D eigenvalue weighted by atomic mass is 10.2. The molecule has 0 saturated carbocycles. The predicted molar refractivity (Wildman–Crippen MR) is 79.0 cm³/mol. The van der Waals surface area contributed by atoms with Gasteiger partial charge in [-0.1, -0.05) is 30.0 Å². The molecule has 0 aliphatic heterocycles. The summed E-state index contributed by atoms with van der Waals surface area (Å²) >= 11 is 3.55. The third-order valence-corrected chi connectivity index (χ3v) is 4.81. The fourth-order valence-electron chi connectivity index (χ4n) is 1.56. The zero-order chi connectivity index (χ0) is 12.8. The molecule has 0 aliphatic rings. The summed E-state index contributed by atoms with van der Waals surface area (Å²) in [6, 6.07) is 10.4. The van der Waals surface area contributed by atoms with Gasteiger partial charge in [-0.05, 0) is 30.0 Å². The largest absolute Gasteiger partial charge is 0.384 e. The quantitative estimate of drug-likeness (QED) is 0.680. The topological polar surface area (TPSA) is 20.2 Å². The van der Waals surface area contributed by atoms with Crippen molar-refractivity contribution in [3.8, 4) is 11.8 Å². The van der Waals surface area contributed by atoms with E-state index in [-0.39, 0.29) is 6.61 Å². The molecule has 3 heteroatoms. The molecule has 0 atom stereocenters. The van der Waals surface area contributed by atoms with Gasteiger partial charge in [-0.2, -0.15) is 0 Å². The SMILES string of the molecule is Cc1ccccc1SCc1sccc1C#CCO. The molecule has 92 valence electrons. The third-order valence-electron chi connectivity index (χ3n) is 2.50. The van der Waals surface area contributed by atoms with E-state index in [9.17, 15) is 0 Å². The summed E-state index contributed by atoms with van der Waals surface area (Å²) in [5, 5.41) is 10.8. The standard InChI is InChI=1S/C15H14OS2/c1-12-5-2-3-7-14(12)18-11-15-13(6-4-9-16)8-10-17-15/h2-3,5,7-8,10,16H,9,11H2,1H3. The van der Waals surface area contributed by atoms with E-state index < -0.39 is 0 Å². The van der Waals surface area contributed by atoms with Crippen LogP contribution in [0.3, 0.4) is 0 Å². The van der Waals surface area contributed by atoms with Gasteiger partial charge < -0.3 is 5.11 Å². The average molecular weight is 274 g/mol. The monoisotopic (exact) mass is 274 g/mol. The first-order valence-electron chi connectivity index (χ1n) is 5.66. The highest BCUT2D eigenvalue weighted by atomic mass is 32.2. The lowest BCUT2D eigenvalue weighted by Gasteiger charge is -2.04. The highest BCUT2D eigenvalue weighted by Crippen LogP contribution is 2.29. The molecule has 1 N–H and O–H groups in total. The minimum absolute atomic E-state index is 0.0831. The van der Waals surface area contributed by atoms with Crippen molar-refractivity contribution in [2.75, 3.05) is 6.61 Å². The minimum Gasteiger partial charge on any atom is -0.384 e. The summed E-state index contributed by atoms with van der Waals surface area (Å²) in [5.74, 6) is 6.62. The van der Waals surface area contributed by atoms with Gasteiger partial charge in [0, 0.05) is 21.1 Å². The van der Waals surface area contributed by atoms with Crippen LogP contribution in [0, 0.1) is 18.8 Å². The number of hydrogen-bond acceptors (Lipinski definition) is 3. The molecule has 0 aliphatic carbocycles. The van der Waals surface area contributed by atoms with Gasteiger partial charge in [-0.15, -0.1) is 23.1 Å². The number of rotatable bonds is 3.